The van der Waals surface area contributed by atoms with Gasteiger partial charge < -0.3 is 10.1 Å². The number of alkyl halides is 3. The van der Waals surface area contributed by atoms with Crippen LogP contribution in [-0.4, -0.2) is 38.2 Å². The molecule has 6 rings (SSSR count). The number of benzene rings is 3. The number of aliphatic imine (C=N–C) groups is 1. The van der Waals surface area contributed by atoms with E-state index in [0.29, 0.717) is 17.4 Å². The molecule has 1 fully saturated rings. The van der Waals surface area contributed by atoms with Crippen LogP contribution in [0.4, 0.5) is 18.0 Å². The van der Waals surface area contributed by atoms with Crippen molar-refractivity contribution in [2.24, 2.45) is 4.99 Å². The van der Waals surface area contributed by atoms with Crippen molar-refractivity contribution in [3.63, 3.8) is 0 Å². The van der Waals surface area contributed by atoms with Gasteiger partial charge in [0.2, 0.25) is 0 Å². The largest absolute Gasteiger partial charge is 0.573 e. The second-order valence-corrected chi connectivity index (χ2v) is 12.1. The number of allylic oxidation sites excluding steroid dienone is 1. The van der Waals surface area contributed by atoms with Crippen LogP contribution in [0.25, 0.3) is 17.1 Å². The summed E-state index contributed by atoms with van der Waals surface area (Å²) >= 11 is 1.52. The van der Waals surface area contributed by atoms with Crippen LogP contribution in [0.1, 0.15) is 61.6 Å². The molecular weight excluding hydrogens is 587 g/mol. The van der Waals surface area contributed by atoms with E-state index >= 15 is 0 Å². The summed E-state index contributed by atoms with van der Waals surface area (Å²) in [7, 11) is 0. The zero-order chi connectivity index (χ0) is 31.0. The molecule has 3 unspecified atom stereocenters. The molecular formula is C33H30F3N5O2S. The van der Waals surface area contributed by atoms with E-state index in [0.717, 1.165) is 22.6 Å². The van der Waals surface area contributed by atoms with Crippen molar-refractivity contribution in [1.82, 2.24) is 20.1 Å². The van der Waals surface area contributed by atoms with E-state index in [4.69, 9.17) is 0 Å². The zero-order valence-corrected chi connectivity index (χ0v) is 25.1. The molecule has 226 valence electrons. The number of hydrogen-bond acceptors (Lipinski definition) is 5. The lowest BCUT2D eigenvalue weighted by Crippen LogP contribution is -2.25. The summed E-state index contributed by atoms with van der Waals surface area (Å²) in [5, 5.41) is 10.4. The molecule has 1 aliphatic carbocycles. The SMILES string of the molecule is CC1=CS/C(=N\C(=O)NC2CC2c2ccc(-c3ncn(-c4ccc(OC(F)(F)F)cc4)n3)cc2)C1c1ccccc1C(C)C. The van der Waals surface area contributed by atoms with Gasteiger partial charge in [0.1, 0.15) is 12.1 Å². The molecule has 3 atom stereocenters. The highest BCUT2D eigenvalue weighted by atomic mass is 32.2. The number of aromatic nitrogens is 3. The molecule has 1 N–H and O–H groups in total. The minimum absolute atomic E-state index is 0.00764. The molecule has 0 radical (unpaired) electrons. The van der Waals surface area contributed by atoms with Crippen LogP contribution >= 0.6 is 11.8 Å². The Morgan fingerprint density at radius 1 is 1.07 bits per heavy atom. The van der Waals surface area contributed by atoms with E-state index in [1.54, 1.807) is 0 Å². The molecule has 1 saturated carbocycles. The van der Waals surface area contributed by atoms with E-state index in [9.17, 15) is 18.0 Å². The molecule has 11 heteroatoms. The number of urea groups is 1. The lowest BCUT2D eigenvalue weighted by Gasteiger charge is -2.20. The standard InChI is InChI=1S/C33H30F3N5O2S/c1-19(2)25-6-4-5-7-26(25)29-20(3)17-44-31(29)39-32(42)38-28-16-27(28)21-8-10-22(11-9-21)30-37-18-41(40-30)23-12-14-24(15-13-23)43-33(34,35)36/h4-15,17-19,27-29H,16H2,1-3H3,(H,38,42)/b39-31-. The first-order chi connectivity index (χ1) is 21.1. The smallest absolute Gasteiger partial charge is 0.406 e. The Kier molecular flexibility index (Phi) is 8.06. The van der Waals surface area contributed by atoms with Crippen molar-refractivity contribution in [3.05, 3.63) is 107 Å². The third-order valence-electron chi connectivity index (χ3n) is 7.73. The fourth-order valence-electron chi connectivity index (χ4n) is 5.47. The van der Waals surface area contributed by atoms with E-state index in [1.807, 2.05) is 30.3 Å². The van der Waals surface area contributed by atoms with Gasteiger partial charge in [0, 0.05) is 17.5 Å². The Morgan fingerprint density at radius 2 is 1.80 bits per heavy atom. The molecule has 2 amide bonds. The molecule has 4 aromatic rings. The number of carbonyl (C=O) groups is 1. The third-order valence-corrected chi connectivity index (χ3v) is 8.79. The first kappa shape index (κ1) is 29.7. The van der Waals surface area contributed by atoms with Crippen LogP contribution < -0.4 is 10.1 Å². The van der Waals surface area contributed by atoms with Crippen LogP contribution in [0.15, 0.2) is 95.1 Å². The summed E-state index contributed by atoms with van der Waals surface area (Å²) in [6.07, 6.45) is -2.41. The average molecular weight is 618 g/mol. The molecule has 7 nitrogen and oxygen atoms in total. The highest BCUT2D eigenvalue weighted by molar-refractivity contribution is 8.17. The first-order valence-corrected chi connectivity index (χ1v) is 15.1. The van der Waals surface area contributed by atoms with Crippen molar-refractivity contribution < 1.29 is 22.7 Å². The van der Waals surface area contributed by atoms with Crippen LogP contribution in [0.5, 0.6) is 5.75 Å². The number of nitrogens with one attached hydrogen (secondary N) is 1. The van der Waals surface area contributed by atoms with Gasteiger partial charge in [0.25, 0.3) is 0 Å². The molecule has 44 heavy (non-hydrogen) atoms. The quantitative estimate of drug-likeness (QED) is 0.225. The molecule has 1 aliphatic heterocycles. The number of carbonyl (C=O) groups excluding carboxylic acids is 1. The van der Waals surface area contributed by atoms with Gasteiger partial charge in [-0.05, 0) is 65.6 Å². The zero-order valence-electron chi connectivity index (χ0n) is 24.2. The van der Waals surface area contributed by atoms with Gasteiger partial charge in [0.05, 0.1) is 16.6 Å². The Morgan fingerprint density at radius 3 is 2.50 bits per heavy atom. The van der Waals surface area contributed by atoms with E-state index in [1.165, 1.54) is 63.7 Å². The molecule has 3 aromatic carbocycles. The topological polar surface area (TPSA) is 81.4 Å². The van der Waals surface area contributed by atoms with Gasteiger partial charge in [-0.2, -0.15) is 4.99 Å². The molecule has 0 spiro atoms. The molecule has 1 aromatic heterocycles. The Bertz CT molecular complexity index is 1730. The summed E-state index contributed by atoms with van der Waals surface area (Å²) in [5.74, 6) is 0.735. The highest BCUT2D eigenvalue weighted by Crippen LogP contribution is 2.43. The Balaban J connectivity index is 1.07. The van der Waals surface area contributed by atoms with Crippen LogP contribution in [0.2, 0.25) is 0 Å². The maximum Gasteiger partial charge on any atom is 0.573 e. The number of rotatable bonds is 7. The van der Waals surface area contributed by atoms with Gasteiger partial charge in [0.15, 0.2) is 5.82 Å². The fourth-order valence-corrected chi connectivity index (χ4v) is 6.49. The fraction of sp³-hybridized carbons (Fsp3) is 0.273. The number of amides is 2. The normalized spacial score (nSPS) is 20.6. The minimum Gasteiger partial charge on any atom is -0.406 e. The van der Waals surface area contributed by atoms with E-state index in [-0.39, 0.29) is 29.7 Å². The van der Waals surface area contributed by atoms with E-state index in [2.05, 4.69) is 69.5 Å². The monoisotopic (exact) mass is 617 g/mol. The van der Waals surface area contributed by atoms with Crippen molar-refractivity contribution in [3.8, 4) is 22.8 Å². The van der Waals surface area contributed by atoms with Gasteiger partial charge >= 0.3 is 12.4 Å². The Hall–Kier alpha value is -4.38. The van der Waals surface area contributed by atoms with E-state index < -0.39 is 6.36 Å². The van der Waals surface area contributed by atoms with Gasteiger partial charge in [-0.3, -0.25) is 0 Å². The summed E-state index contributed by atoms with van der Waals surface area (Å²) in [6, 6.07) is 21.3. The first-order valence-electron chi connectivity index (χ1n) is 14.2. The lowest BCUT2D eigenvalue weighted by molar-refractivity contribution is -0.274. The summed E-state index contributed by atoms with van der Waals surface area (Å²) < 4.78 is 42.7. The number of thioether (sulfide) groups is 1. The summed E-state index contributed by atoms with van der Waals surface area (Å²) in [5.41, 5.74) is 6.10. The minimum atomic E-state index is -4.75. The van der Waals surface area contributed by atoms with Crippen LogP contribution in [-0.2, 0) is 0 Å². The maximum absolute atomic E-state index is 13.0. The van der Waals surface area contributed by atoms with Gasteiger partial charge in [-0.15, -0.1) is 18.3 Å². The van der Waals surface area contributed by atoms with Crippen molar-refractivity contribution in [2.75, 3.05) is 0 Å². The van der Waals surface area contributed by atoms with Crippen molar-refractivity contribution >= 4 is 22.8 Å². The van der Waals surface area contributed by atoms with Crippen LogP contribution in [0, 0.1) is 0 Å². The third kappa shape index (κ3) is 6.57. The maximum atomic E-state index is 13.0. The van der Waals surface area contributed by atoms with Gasteiger partial charge in [-0.1, -0.05) is 79.7 Å². The number of hydrogen-bond donors (Lipinski definition) is 1. The lowest BCUT2D eigenvalue weighted by atomic mass is 9.86. The number of halogens is 3. The highest BCUT2D eigenvalue weighted by Gasteiger charge is 2.40. The number of nitrogens with zero attached hydrogens (tertiary/aromatic N) is 4. The van der Waals surface area contributed by atoms with Crippen molar-refractivity contribution in [1.29, 1.82) is 0 Å². The second-order valence-electron chi connectivity index (χ2n) is 11.2. The molecule has 0 bridgehead atoms. The predicted molar refractivity (Wildman–Crippen MR) is 165 cm³/mol. The van der Waals surface area contributed by atoms with Crippen LogP contribution in [0.3, 0.4) is 0 Å². The predicted octanol–water partition coefficient (Wildman–Crippen LogP) is 8.35. The van der Waals surface area contributed by atoms with Gasteiger partial charge in [-0.25, -0.2) is 14.5 Å². The second kappa shape index (κ2) is 12.0. The summed E-state index contributed by atoms with van der Waals surface area (Å²) in [4.78, 5) is 21.8. The Labute approximate surface area is 257 Å². The summed E-state index contributed by atoms with van der Waals surface area (Å²) in [6.45, 7) is 6.44. The molecule has 2 heterocycles. The average Bonchev–Trinajstić information content (AvgIpc) is 3.39. The molecule has 0 saturated heterocycles. The number of ether oxygens (including phenoxy) is 1. The van der Waals surface area contributed by atoms with Crippen molar-refractivity contribution in [2.45, 2.75) is 57.3 Å². The molecule has 2 aliphatic rings.